The van der Waals surface area contributed by atoms with Crippen molar-refractivity contribution in [1.29, 1.82) is 5.41 Å². The van der Waals surface area contributed by atoms with Crippen LogP contribution < -0.4 is 20.1 Å². The number of carbonyl (C=O) groups is 1. The molecule has 0 atom stereocenters. The van der Waals surface area contributed by atoms with Crippen molar-refractivity contribution in [3.63, 3.8) is 0 Å². The molecular weight excluding hydrogens is 516 g/mol. The predicted molar refractivity (Wildman–Crippen MR) is 137 cm³/mol. The number of pyridine rings is 2. The minimum absolute atomic E-state index is 0.0541. The van der Waals surface area contributed by atoms with E-state index in [0.717, 1.165) is 36.4 Å². The Morgan fingerprint density at radius 1 is 1.29 bits per heavy atom. The molecule has 1 saturated carbocycles. The SMILES string of the molecule is C[NH2+]/C=C\C(=N)COc1cc(-c2cc(C(F)F)ncc2OC)c(C(=O)Nc2nnc(C#CC3CC3)s2)cn1. The topological polar surface area (TPSA) is 140 Å². The van der Waals surface area contributed by atoms with Crippen LogP contribution in [0.1, 0.15) is 40.3 Å². The number of nitrogens with two attached hydrogens (primary N) is 1. The summed E-state index contributed by atoms with van der Waals surface area (Å²) in [6.07, 6.45) is 5.00. The number of nitrogens with one attached hydrogen (secondary N) is 2. The van der Waals surface area contributed by atoms with Gasteiger partial charge in [0.05, 0.1) is 37.8 Å². The average molecular weight is 541 g/mol. The van der Waals surface area contributed by atoms with Crippen LogP contribution in [0.3, 0.4) is 0 Å². The van der Waals surface area contributed by atoms with E-state index in [0.29, 0.717) is 10.9 Å². The summed E-state index contributed by atoms with van der Waals surface area (Å²) < 4.78 is 37.9. The first-order valence-corrected chi connectivity index (χ1v) is 12.3. The maximum atomic E-state index is 13.5. The minimum Gasteiger partial charge on any atom is -0.494 e. The van der Waals surface area contributed by atoms with Crippen LogP contribution in [0.4, 0.5) is 13.9 Å². The van der Waals surface area contributed by atoms with E-state index in [1.54, 1.807) is 17.6 Å². The summed E-state index contributed by atoms with van der Waals surface area (Å²) in [6, 6.07) is 2.58. The predicted octanol–water partition coefficient (Wildman–Crippen LogP) is 3.06. The summed E-state index contributed by atoms with van der Waals surface area (Å²) in [6.45, 7) is -0.0897. The maximum Gasteiger partial charge on any atom is 0.280 e. The number of hydrogen-bond donors (Lipinski definition) is 3. The molecule has 0 aromatic carbocycles. The van der Waals surface area contributed by atoms with Crippen LogP contribution in [0, 0.1) is 23.2 Å². The number of rotatable bonds is 10. The summed E-state index contributed by atoms with van der Waals surface area (Å²) in [5.41, 5.74) is 0.164. The molecule has 3 aromatic rings. The molecule has 0 aliphatic heterocycles. The van der Waals surface area contributed by atoms with Crippen LogP contribution in [-0.2, 0) is 0 Å². The fourth-order valence-corrected chi connectivity index (χ4v) is 3.76. The summed E-state index contributed by atoms with van der Waals surface area (Å²) in [4.78, 5) is 21.2. The second-order valence-corrected chi connectivity index (χ2v) is 9.07. The number of amides is 1. The second-order valence-electron chi connectivity index (χ2n) is 8.09. The Morgan fingerprint density at radius 3 is 2.82 bits per heavy atom. The number of quaternary nitrogens is 1. The van der Waals surface area contributed by atoms with Crippen molar-refractivity contribution in [2.45, 2.75) is 19.3 Å². The highest BCUT2D eigenvalue weighted by atomic mass is 32.1. The summed E-state index contributed by atoms with van der Waals surface area (Å²) >= 11 is 1.12. The molecule has 13 heteroatoms. The third-order valence-corrected chi connectivity index (χ3v) is 5.97. The van der Waals surface area contributed by atoms with Crippen molar-refractivity contribution in [3.8, 4) is 34.6 Å². The van der Waals surface area contributed by atoms with Crippen LogP contribution >= 0.6 is 11.3 Å². The number of methoxy groups -OCH3 is 1. The van der Waals surface area contributed by atoms with Crippen LogP contribution in [0.5, 0.6) is 11.6 Å². The Balaban J connectivity index is 1.67. The van der Waals surface area contributed by atoms with Gasteiger partial charge in [-0.05, 0) is 24.8 Å². The molecule has 0 spiro atoms. The van der Waals surface area contributed by atoms with E-state index in [9.17, 15) is 13.6 Å². The normalized spacial score (nSPS) is 12.8. The van der Waals surface area contributed by atoms with Gasteiger partial charge in [-0.25, -0.2) is 13.8 Å². The molecule has 0 radical (unpaired) electrons. The number of hydrogen-bond acceptors (Lipinski definition) is 9. The highest BCUT2D eigenvalue weighted by molar-refractivity contribution is 7.15. The molecule has 38 heavy (non-hydrogen) atoms. The standard InChI is InChI=1S/C25H23F2N7O3S/c1-29-8-7-15(28)13-37-21-10-16(17-9-19(23(26)27)30-12-20(17)36-2)18(11-31-21)24(35)32-25-34-33-22(38-25)6-5-14-3-4-14/h7-12,14,23,28-29H,3-4,13H2,1-2H3,(H,32,34,35)/p+1/b8-7-,28-15?. The van der Waals surface area contributed by atoms with Gasteiger partial charge in [-0.15, -0.1) is 10.2 Å². The molecule has 1 amide bonds. The Bertz CT molecular complexity index is 1430. The van der Waals surface area contributed by atoms with Gasteiger partial charge in [0.25, 0.3) is 12.3 Å². The molecule has 1 aliphatic rings. The monoisotopic (exact) mass is 540 g/mol. The lowest BCUT2D eigenvalue weighted by atomic mass is 10.00. The van der Waals surface area contributed by atoms with Gasteiger partial charge in [-0.3, -0.25) is 15.1 Å². The molecule has 0 bridgehead atoms. The van der Waals surface area contributed by atoms with Gasteiger partial charge in [-0.1, -0.05) is 17.3 Å². The van der Waals surface area contributed by atoms with E-state index in [4.69, 9.17) is 14.9 Å². The van der Waals surface area contributed by atoms with Crippen molar-refractivity contribution >= 4 is 28.1 Å². The van der Waals surface area contributed by atoms with Crippen LogP contribution in [0.25, 0.3) is 11.1 Å². The zero-order chi connectivity index (χ0) is 27.1. The van der Waals surface area contributed by atoms with Crippen LogP contribution in [0.2, 0.25) is 0 Å². The van der Waals surface area contributed by atoms with Crippen molar-refractivity contribution in [2.24, 2.45) is 5.92 Å². The van der Waals surface area contributed by atoms with Gasteiger partial charge in [0, 0.05) is 35.4 Å². The first kappa shape index (κ1) is 26.8. The molecule has 0 saturated heterocycles. The molecule has 3 heterocycles. The van der Waals surface area contributed by atoms with Crippen molar-refractivity contribution in [2.75, 3.05) is 26.1 Å². The third kappa shape index (κ3) is 6.93. The lowest BCUT2D eigenvalue weighted by Crippen LogP contribution is -2.72. The van der Waals surface area contributed by atoms with Crippen LogP contribution in [0.15, 0.2) is 36.8 Å². The first-order chi connectivity index (χ1) is 18.4. The second kappa shape index (κ2) is 12.3. The smallest absolute Gasteiger partial charge is 0.280 e. The maximum absolute atomic E-state index is 13.5. The molecule has 10 nitrogen and oxygen atoms in total. The third-order valence-electron chi connectivity index (χ3n) is 5.22. The number of aromatic nitrogens is 4. The first-order valence-electron chi connectivity index (χ1n) is 11.5. The van der Waals surface area contributed by atoms with E-state index < -0.39 is 18.0 Å². The fraction of sp³-hybridized carbons (Fsp3) is 0.280. The van der Waals surface area contributed by atoms with Gasteiger partial charge in [0.1, 0.15) is 18.1 Å². The Labute approximate surface area is 221 Å². The number of nitrogens with zero attached hydrogens (tertiary/aromatic N) is 4. The number of ether oxygens (including phenoxy) is 2. The molecular formula is C25H24F2N7O3S+. The number of alkyl halides is 2. The van der Waals surface area contributed by atoms with Gasteiger partial charge >= 0.3 is 0 Å². The Morgan fingerprint density at radius 2 is 2.11 bits per heavy atom. The Hall–Kier alpha value is -4.28. The summed E-state index contributed by atoms with van der Waals surface area (Å²) in [5, 5.41) is 21.0. The number of halogens is 2. The van der Waals surface area contributed by atoms with Gasteiger partial charge in [0.2, 0.25) is 11.0 Å². The molecule has 4 rings (SSSR count). The van der Waals surface area contributed by atoms with Gasteiger partial charge in [0.15, 0.2) is 5.01 Å². The van der Waals surface area contributed by atoms with Crippen molar-refractivity contribution < 1.29 is 28.4 Å². The van der Waals surface area contributed by atoms with E-state index in [-0.39, 0.29) is 45.8 Å². The lowest BCUT2D eigenvalue weighted by Gasteiger charge is -2.15. The summed E-state index contributed by atoms with van der Waals surface area (Å²) in [7, 11) is 3.19. The van der Waals surface area contributed by atoms with Crippen LogP contribution in [-0.4, -0.2) is 52.5 Å². The minimum atomic E-state index is -2.84. The van der Waals surface area contributed by atoms with E-state index in [1.807, 2.05) is 7.05 Å². The Kier molecular flexibility index (Phi) is 8.67. The van der Waals surface area contributed by atoms with Crippen molar-refractivity contribution in [3.05, 3.63) is 53.1 Å². The summed E-state index contributed by atoms with van der Waals surface area (Å²) in [5.74, 6) is 6.09. The van der Waals surface area contributed by atoms with E-state index in [1.165, 1.54) is 19.4 Å². The molecule has 0 unspecified atom stereocenters. The fourth-order valence-electron chi connectivity index (χ4n) is 3.16. The number of anilines is 1. The van der Waals surface area contributed by atoms with Gasteiger partial charge in [-0.2, -0.15) is 0 Å². The lowest BCUT2D eigenvalue weighted by molar-refractivity contribution is -0.556. The number of carbonyl (C=O) groups excluding carboxylic acids is 1. The molecule has 3 aromatic heterocycles. The molecule has 196 valence electrons. The highest BCUT2D eigenvalue weighted by Crippen LogP contribution is 2.36. The molecule has 1 aliphatic carbocycles. The zero-order valence-corrected chi connectivity index (χ0v) is 21.3. The zero-order valence-electron chi connectivity index (χ0n) is 20.5. The highest BCUT2D eigenvalue weighted by Gasteiger charge is 2.22. The van der Waals surface area contributed by atoms with Gasteiger partial charge < -0.3 is 20.2 Å². The quantitative estimate of drug-likeness (QED) is 0.265. The van der Waals surface area contributed by atoms with E-state index >= 15 is 0 Å². The average Bonchev–Trinajstić information content (AvgIpc) is 3.66. The molecule has 4 N–H and O–H groups in total. The molecule has 1 fully saturated rings. The largest absolute Gasteiger partial charge is 0.494 e. The van der Waals surface area contributed by atoms with E-state index in [2.05, 4.69) is 37.3 Å². The van der Waals surface area contributed by atoms with Crippen molar-refractivity contribution in [1.82, 2.24) is 20.2 Å².